The number of aliphatic hydroxyl groups excluding tert-OH is 1. The highest BCUT2D eigenvalue weighted by molar-refractivity contribution is 5.38. The van der Waals surface area contributed by atoms with Gasteiger partial charge in [0.05, 0.1) is 6.10 Å². The van der Waals surface area contributed by atoms with E-state index in [1.807, 2.05) is 31.5 Å². The van der Waals surface area contributed by atoms with Gasteiger partial charge in [0.2, 0.25) is 0 Å². The first-order valence-corrected chi connectivity index (χ1v) is 7.06. The third-order valence-corrected chi connectivity index (χ3v) is 3.74. The molecule has 3 rings (SSSR count). The molecule has 0 saturated carbocycles. The fraction of sp³-hybridized carbons (Fsp3) is 0.353. The summed E-state index contributed by atoms with van der Waals surface area (Å²) in [5.41, 5.74) is 4.46. The Balaban J connectivity index is 1.73. The van der Waals surface area contributed by atoms with Gasteiger partial charge < -0.3 is 9.84 Å². The number of aromatic nitrogens is 1. The summed E-state index contributed by atoms with van der Waals surface area (Å²) in [5, 5.41) is 10.0. The van der Waals surface area contributed by atoms with E-state index >= 15 is 0 Å². The van der Waals surface area contributed by atoms with Gasteiger partial charge >= 0.3 is 0 Å². The second-order valence-electron chi connectivity index (χ2n) is 5.43. The zero-order valence-electron chi connectivity index (χ0n) is 11.7. The van der Waals surface area contributed by atoms with Crippen LogP contribution in [0.3, 0.4) is 0 Å². The van der Waals surface area contributed by atoms with Crippen LogP contribution >= 0.6 is 0 Å². The van der Waals surface area contributed by atoms with Crippen LogP contribution in [-0.4, -0.2) is 10.1 Å². The first-order chi connectivity index (χ1) is 9.72. The fourth-order valence-corrected chi connectivity index (χ4v) is 2.71. The maximum atomic E-state index is 10.0. The average Bonchev–Trinajstić information content (AvgIpc) is 2.46. The van der Waals surface area contributed by atoms with Crippen LogP contribution in [0.1, 0.15) is 41.2 Å². The van der Waals surface area contributed by atoms with Gasteiger partial charge in [-0.05, 0) is 61.1 Å². The van der Waals surface area contributed by atoms with Gasteiger partial charge in [0, 0.05) is 18.0 Å². The molecule has 1 aliphatic carbocycles. The first-order valence-electron chi connectivity index (χ1n) is 7.06. The molecular weight excluding hydrogens is 250 g/mol. The highest BCUT2D eigenvalue weighted by Crippen LogP contribution is 2.32. The molecule has 0 saturated heterocycles. The Morgan fingerprint density at radius 3 is 3.05 bits per heavy atom. The summed E-state index contributed by atoms with van der Waals surface area (Å²) in [6, 6.07) is 8.10. The molecule has 1 atom stereocenters. The number of hydrogen-bond acceptors (Lipinski definition) is 3. The minimum atomic E-state index is -0.345. The summed E-state index contributed by atoms with van der Waals surface area (Å²) in [6.07, 6.45) is 6.26. The Kier molecular flexibility index (Phi) is 3.70. The van der Waals surface area contributed by atoms with E-state index < -0.39 is 0 Å². The number of hydrogen-bond donors (Lipinski definition) is 1. The molecule has 2 aromatic rings. The molecule has 20 heavy (non-hydrogen) atoms. The molecule has 0 aliphatic heterocycles. The Morgan fingerprint density at radius 2 is 2.20 bits per heavy atom. The lowest BCUT2D eigenvalue weighted by Crippen LogP contribution is -2.09. The maximum Gasteiger partial charge on any atom is 0.120 e. The number of fused-ring (bicyclic) bond motifs is 1. The molecule has 0 fully saturated rings. The second-order valence-corrected chi connectivity index (χ2v) is 5.43. The van der Waals surface area contributed by atoms with Crippen LogP contribution < -0.4 is 4.74 Å². The van der Waals surface area contributed by atoms with Crippen molar-refractivity contribution < 1.29 is 9.84 Å². The highest BCUT2D eigenvalue weighted by atomic mass is 16.5. The average molecular weight is 269 g/mol. The second kappa shape index (κ2) is 5.63. The van der Waals surface area contributed by atoms with Crippen LogP contribution in [0.15, 0.2) is 36.7 Å². The summed E-state index contributed by atoms with van der Waals surface area (Å²) < 4.78 is 5.81. The highest BCUT2D eigenvalue weighted by Gasteiger charge is 2.18. The van der Waals surface area contributed by atoms with Crippen LogP contribution in [0.4, 0.5) is 0 Å². The molecule has 0 amide bonds. The van der Waals surface area contributed by atoms with Crippen LogP contribution in [0.25, 0.3) is 0 Å². The van der Waals surface area contributed by atoms with Crippen molar-refractivity contribution in [2.45, 2.75) is 38.9 Å². The van der Waals surface area contributed by atoms with Crippen molar-refractivity contribution in [1.29, 1.82) is 0 Å². The monoisotopic (exact) mass is 269 g/mol. The van der Waals surface area contributed by atoms with Gasteiger partial charge in [-0.15, -0.1) is 0 Å². The Hall–Kier alpha value is -1.87. The number of aliphatic hydroxyl groups is 1. The molecule has 3 heteroatoms. The molecule has 1 heterocycles. The smallest absolute Gasteiger partial charge is 0.120 e. The molecule has 0 radical (unpaired) electrons. The molecular formula is C17H19NO2. The van der Waals surface area contributed by atoms with Crippen LogP contribution in [-0.2, 0) is 13.0 Å². The van der Waals surface area contributed by atoms with Crippen molar-refractivity contribution in [2.24, 2.45) is 0 Å². The molecule has 104 valence electrons. The lowest BCUT2D eigenvalue weighted by atomic mass is 9.89. The van der Waals surface area contributed by atoms with E-state index in [1.54, 1.807) is 0 Å². The summed E-state index contributed by atoms with van der Waals surface area (Å²) >= 11 is 0. The number of pyridine rings is 1. The van der Waals surface area contributed by atoms with Crippen molar-refractivity contribution in [3.8, 4) is 5.75 Å². The van der Waals surface area contributed by atoms with Gasteiger partial charge in [0.1, 0.15) is 12.4 Å². The normalized spacial score (nSPS) is 17.6. The van der Waals surface area contributed by atoms with Crippen LogP contribution in [0.5, 0.6) is 5.75 Å². The van der Waals surface area contributed by atoms with E-state index in [1.165, 1.54) is 5.56 Å². The quantitative estimate of drug-likeness (QED) is 0.929. The molecule has 3 nitrogen and oxygen atoms in total. The Labute approximate surface area is 119 Å². The van der Waals surface area contributed by atoms with E-state index in [4.69, 9.17) is 4.74 Å². The summed E-state index contributed by atoms with van der Waals surface area (Å²) in [4.78, 5) is 4.16. The van der Waals surface area contributed by atoms with Crippen molar-refractivity contribution >= 4 is 0 Å². The summed E-state index contributed by atoms with van der Waals surface area (Å²) in [5.74, 6) is 0.811. The third kappa shape index (κ3) is 2.83. The molecule has 1 aliphatic rings. The van der Waals surface area contributed by atoms with E-state index in [9.17, 15) is 5.11 Å². The van der Waals surface area contributed by atoms with Gasteiger partial charge in [-0.1, -0.05) is 6.07 Å². The third-order valence-electron chi connectivity index (χ3n) is 3.74. The minimum Gasteiger partial charge on any atom is -0.489 e. The molecule has 0 unspecified atom stereocenters. The minimum absolute atomic E-state index is 0.345. The van der Waals surface area contributed by atoms with Crippen molar-refractivity contribution in [2.75, 3.05) is 0 Å². The van der Waals surface area contributed by atoms with Gasteiger partial charge in [-0.2, -0.15) is 0 Å². The maximum absolute atomic E-state index is 10.0. The van der Waals surface area contributed by atoms with Crippen LogP contribution in [0, 0.1) is 6.92 Å². The predicted octanol–water partition coefficient (Wildman–Crippen LogP) is 3.34. The molecule has 0 spiro atoms. The molecule has 1 aromatic carbocycles. The topological polar surface area (TPSA) is 42.4 Å². The number of ether oxygens (including phenoxy) is 1. The van der Waals surface area contributed by atoms with E-state index in [0.717, 1.165) is 41.7 Å². The largest absolute Gasteiger partial charge is 0.489 e. The number of benzene rings is 1. The summed E-state index contributed by atoms with van der Waals surface area (Å²) in [7, 11) is 0. The Morgan fingerprint density at radius 1 is 1.30 bits per heavy atom. The number of aryl methyl sites for hydroxylation is 2. The Bertz CT molecular complexity index is 610. The van der Waals surface area contributed by atoms with E-state index in [0.29, 0.717) is 6.61 Å². The zero-order valence-corrected chi connectivity index (χ0v) is 11.7. The predicted molar refractivity (Wildman–Crippen MR) is 77.6 cm³/mol. The molecule has 1 aromatic heterocycles. The SMILES string of the molecule is Cc1cncc(COc2ccc3c(c2)[C@@H](O)CCC3)c1. The molecule has 0 bridgehead atoms. The summed E-state index contributed by atoms with van der Waals surface area (Å²) in [6.45, 7) is 2.52. The first kappa shape index (κ1) is 13.1. The van der Waals surface area contributed by atoms with Gasteiger partial charge in [-0.25, -0.2) is 0 Å². The number of rotatable bonds is 3. The standard InChI is InChI=1S/C17H19NO2/c1-12-7-13(10-18-9-12)11-20-15-6-5-14-3-2-4-17(19)16(14)8-15/h5-10,17,19H,2-4,11H2,1H3/t17-/m0/s1. The van der Waals surface area contributed by atoms with Gasteiger partial charge in [-0.3, -0.25) is 4.98 Å². The fourth-order valence-electron chi connectivity index (χ4n) is 2.71. The van der Waals surface area contributed by atoms with Crippen molar-refractivity contribution in [3.63, 3.8) is 0 Å². The van der Waals surface area contributed by atoms with E-state index in [-0.39, 0.29) is 6.10 Å². The van der Waals surface area contributed by atoms with E-state index in [2.05, 4.69) is 17.1 Å². The van der Waals surface area contributed by atoms with Gasteiger partial charge in [0.25, 0.3) is 0 Å². The molecule has 1 N–H and O–H groups in total. The zero-order chi connectivity index (χ0) is 13.9. The lowest BCUT2D eigenvalue weighted by molar-refractivity contribution is 0.156. The van der Waals surface area contributed by atoms with Crippen LogP contribution in [0.2, 0.25) is 0 Å². The van der Waals surface area contributed by atoms with Gasteiger partial charge in [0.15, 0.2) is 0 Å². The lowest BCUT2D eigenvalue weighted by Gasteiger charge is -2.22. The van der Waals surface area contributed by atoms with Crippen molar-refractivity contribution in [3.05, 3.63) is 58.9 Å². The van der Waals surface area contributed by atoms with Crippen molar-refractivity contribution in [1.82, 2.24) is 4.98 Å². The number of nitrogens with zero attached hydrogens (tertiary/aromatic N) is 1.